The van der Waals surface area contributed by atoms with Crippen molar-refractivity contribution in [2.45, 2.75) is 19.2 Å². The molecule has 0 aliphatic carbocycles. The molecule has 1 aromatic carbocycles. The molecule has 25 heavy (non-hydrogen) atoms. The summed E-state index contributed by atoms with van der Waals surface area (Å²) in [6.45, 7) is -0.0436. The van der Waals surface area contributed by atoms with Crippen molar-refractivity contribution in [2.24, 2.45) is 0 Å². The van der Waals surface area contributed by atoms with Crippen LogP contribution in [0.15, 0.2) is 48.8 Å². The molecule has 0 bridgehead atoms. The standard InChI is InChI=1S/C17H12ClF3N2O2/c18-12-6-15-13(7-17(19,20)21)14(8-22-23(15)9-12)16(24)25-10-11-4-2-1-3-5-11/h1-6,8-9H,7,10H2. The first-order valence-electron chi connectivity index (χ1n) is 7.27. The Morgan fingerprint density at radius 2 is 1.96 bits per heavy atom. The Balaban J connectivity index is 1.93. The normalized spacial score (nSPS) is 11.7. The van der Waals surface area contributed by atoms with Crippen LogP contribution in [0.3, 0.4) is 0 Å². The fraction of sp³-hybridized carbons (Fsp3) is 0.176. The summed E-state index contributed by atoms with van der Waals surface area (Å²) in [6.07, 6.45) is -3.34. The predicted molar refractivity (Wildman–Crippen MR) is 85.5 cm³/mol. The minimum atomic E-state index is -4.49. The van der Waals surface area contributed by atoms with Crippen LogP contribution in [0, 0.1) is 0 Å². The van der Waals surface area contributed by atoms with E-state index >= 15 is 0 Å². The maximum absolute atomic E-state index is 13.0. The maximum Gasteiger partial charge on any atom is 0.393 e. The van der Waals surface area contributed by atoms with Crippen LogP contribution in [0.2, 0.25) is 5.02 Å². The molecule has 0 amide bonds. The summed E-state index contributed by atoms with van der Waals surface area (Å²) in [5.41, 5.74) is 0.410. The van der Waals surface area contributed by atoms with Crippen LogP contribution in [-0.2, 0) is 17.8 Å². The molecule has 4 nitrogen and oxygen atoms in total. The average molecular weight is 369 g/mol. The van der Waals surface area contributed by atoms with Gasteiger partial charge >= 0.3 is 12.1 Å². The maximum atomic E-state index is 13.0. The van der Waals surface area contributed by atoms with Gasteiger partial charge in [0.1, 0.15) is 6.61 Å². The Morgan fingerprint density at radius 3 is 2.64 bits per heavy atom. The first kappa shape index (κ1) is 17.3. The Hall–Kier alpha value is -2.54. The zero-order valence-electron chi connectivity index (χ0n) is 12.8. The number of benzene rings is 1. The van der Waals surface area contributed by atoms with Crippen LogP contribution in [0.25, 0.3) is 5.52 Å². The van der Waals surface area contributed by atoms with E-state index < -0.39 is 18.6 Å². The van der Waals surface area contributed by atoms with Crippen molar-refractivity contribution in [3.05, 3.63) is 70.5 Å². The monoisotopic (exact) mass is 368 g/mol. The van der Waals surface area contributed by atoms with Gasteiger partial charge in [-0.1, -0.05) is 41.9 Å². The van der Waals surface area contributed by atoms with Crippen LogP contribution in [-0.4, -0.2) is 21.8 Å². The molecule has 3 aromatic rings. The molecule has 0 fully saturated rings. The molecule has 0 N–H and O–H groups in total. The molecule has 0 radical (unpaired) electrons. The fourth-order valence-electron chi connectivity index (χ4n) is 2.44. The minimum Gasteiger partial charge on any atom is -0.457 e. The first-order valence-corrected chi connectivity index (χ1v) is 7.65. The lowest BCUT2D eigenvalue weighted by Crippen LogP contribution is -2.18. The number of hydrogen-bond donors (Lipinski definition) is 0. The molecule has 8 heteroatoms. The lowest BCUT2D eigenvalue weighted by Gasteiger charge is -2.13. The Morgan fingerprint density at radius 1 is 1.24 bits per heavy atom. The van der Waals surface area contributed by atoms with Gasteiger partial charge in [0, 0.05) is 11.8 Å². The number of nitrogens with zero attached hydrogens (tertiary/aromatic N) is 2. The quantitative estimate of drug-likeness (QED) is 0.639. The number of ether oxygens (including phenoxy) is 1. The largest absolute Gasteiger partial charge is 0.457 e. The van der Waals surface area contributed by atoms with Gasteiger partial charge in [0.2, 0.25) is 0 Å². The first-order chi connectivity index (χ1) is 11.8. The summed E-state index contributed by atoms with van der Waals surface area (Å²) in [7, 11) is 0. The van der Waals surface area contributed by atoms with E-state index in [1.807, 2.05) is 0 Å². The zero-order valence-corrected chi connectivity index (χ0v) is 13.5. The third-order valence-corrected chi connectivity index (χ3v) is 3.73. The van der Waals surface area contributed by atoms with Gasteiger partial charge in [0.25, 0.3) is 0 Å². The topological polar surface area (TPSA) is 43.6 Å². The van der Waals surface area contributed by atoms with E-state index in [0.29, 0.717) is 0 Å². The van der Waals surface area contributed by atoms with Crippen LogP contribution in [0.4, 0.5) is 13.2 Å². The van der Waals surface area contributed by atoms with Crippen molar-refractivity contribution in [1.29, 1.82) is 0 Å². The van der Waals surface area contributed by atoms with Crippen molar-refractivity contribution < 1.29 is 22.7 Å². The van der Waals surface area contributed by atoms with Crippen LogP contribution in [0.1, 0.15) is 21.5 Å². The van der Waals surface area contributed by atoms with Gasteiger partial charge in [-0.15, -0.1) is 0 Å². The van der Waals surface area contributed by atoms with E-state index in [1.54, 1.807) is 30.3 Å². The second kappa shape index (κ2) is 6.76. The number of esters is 1. The summed E-state index contributed by atoms with van der Waals surface area (Å²) in [5.74, 6) is -0.865. The molecule has 0 saturated carbocycles. The lowest BCUT2D eigenvalue weighted by atomic mass is 10.1. The number of fused-ring (bicyclic) bond motifs is 1. The zero-order chi connectivity index (χ0) is 18.0. The predicted octanol–water partition coefficient (Wildman–Crippen LogP) is 4.45. The lowest BCUT2D eigenvalue weighted by molar-refractivity contribution is -0.127. The second-order valence-electron chi connectivity index (χ2n) is 5.38. The molecule has 130 valence electrons. The van der Waals surface area contributed by atoms with Crippen molar-refractivity contribution in [2.75, 3.05) is 0 Å². The summed E-state index contributed by atoms with van der Waals surface area (Å²) >= 11 is 5.84. The number of carbonyl (C=O) groups excluding carboxylic acids is 1. The summed E-state index contributed by atoms with van der Waals surface area (Å²) in [5, 5.41) is 4.16. The third-order valence-electron chi connectivity index (χ3n) is 3.52. The molecule has 3 rings (SSSR count). The number of halogens is 4. The number of carbonyl (C=O) groups is 1. The minimum absolute atomic E-state index is 0.0436. The molecular formula is C17H12ClF3N2O2. The van der Waals surface area contributed by atoms with E-state index in [2.05, 4.69) is 5.10 Å². The number of rotatable bonds is 4. The Labute approximate surface area is 145 Å². The van der Waals surface area contributed by atoms with Crippen molar-refractivity contribution in [1.82, 2.24) is 9.61 Å². The summed E-state index contributed by atoms with van der Waals surface area (Å²) in [6, 6.07) is 10.2. The highest BCUT2D eigenvalue weighted by atomic mass is 35.5. The molecule has 0 atom stereocenters. The summed E-state index contributed by atoms with van der Waals surface area (Å²) < 4.78 is 45.2. The van der Waals surface area contributed by atoms with Gasteiger partial charge in [0.05, 0.1) is 28.7 Å². The van der Waals surface area contributed by atoms with E-state index in [9.17, 15) is 18.0 Å². The third kappa shape index (κ3) is 4.11. The van der Waals surface area contributed by atoms with Gasteiger partial charge in [-0.25, -0.2) is 9.31 Å². The van der Waals surface area contributed by atoms with Crippen LogP contribution in [0.5, 0.6) is 0 Å². The number of hydrogen-bond acceptors (Lipinski definition) is 3. The van der Waals surface area contributed by atoms with Crippen LogP contribution < -0.4 is 0 Å². The summed E-state index contributed by atoms with van der Waals surface area (Å²) in [4.78, 5) is 12.3. The molecule has 2 heterocycles. The van der Waals surface area contributed by atoms with Crippen molar-refractivity contribution in [3.8, 4) is 0 Å². The van der Waals surface area contributed by atoms with Crippen molar-refractivity contribution >= 4 is 23.1 Å². The van der Waals surface area contributed by atoms with Gasteiger partial charge in [-0.05, 0) is 11.6 Å². The van der Waals surface area contributed by atoms with Gasteiger partial charge in [-0.3, -0.25) is 0 Å². The Bertz CT molecular complexity index is 907. The molecular weight excluding hydrogens is 357 g/mol. The molecule has 2 aromatic heterocycles. The number of aromatic nitrogens is 2. The molecule has 0 spiro atoms. The smallest absolute Gasteiger partial charge is 0.393 e. The van der Waals surface area contributed by atoms with Crippen molar-refractivity contribution in [3.63, 3.8) is 0 Å². The molecule has 0 aliphatic heterocycles. The molecule has 0 aliphatic rings. The van der Waals surface area contributed by atoms with E-state index in [0.717, 1.165) is 11.8 Å². The SMILES string of the molecule is O=C(OCc1ccccc1)c1cnn2cc(Cl)cc2c1CC(F)(F)F. The van der Waals surface area contributed by atoms with E-state index in [4.69, 9.17) is 16.3 Å². The van der Waals surface area contributed by atoms with Gasteiger partial charge in [0.15, 0.2) is 0 Å². The highest BCUT2D eigenvalue weighted by molar-refractivity contribution is 6.31. The van der Waals surface area contributed by atoms with E-state index in [1.165, 1.54) is 16.8 Å². The average Bonchev–Trinajstić information content (AvgIpc) is 2.93. The highest BCUT2D eigenvalue weighted by Crippen LogP contribution is 2.28. The molecule has 0 unspecified atom stereocenters. The van der Waals surface area contributed by atoms with Crippen LogP contribution >= 0.6 is 11.6 Å². The number of alkyl halides is 3. The highest BCUT2D eigenvalue weighted by Gasteiger charge is 2.32. The van der Waals surface area contributed by atoms with Gasteiger partial charge < -0.3 is 4.74 Å². The van der Waals surface area contributed by atoms with Gasteiger partial charge in [-0.2, -0.15) is 18.3 Å². The molecule has 0 saturated heterocycles. The van der Waals surface area contributed by atoms with E-state index in [-0.39, 0.29) is 28.3 Å². The fourth-order valence-corrected chi connectivity index (χ4v) is 2.64. The Kier molecular flexibility index (Phi) is 4.67. The second-order valence-corrected chi connectivity index (χ2v) is 5.82.